The Labute approximate surface area is 114 Å². The molecular formula is C12H16BrNO4. The van der Waals surface area contributed by atoms with Crippen molar-refractivity contribution < 1.29 is 19.4 Å². The number of carboxylic acids is 1. The van der Waals surface area contributed by atoms with E-state index in [9.17, 15) is 4.79 Å². The summed E-state index contributed by atoms with van der Waals surface area (Å²) >= 11 is 3.42. The minimum atomic E-state index is -0.961. The third-order valence-corrected chi connectivity index (χ3v) is 3.64. The Morgan fingerprint density at radius 3 is 2.56 bits per heavy atom. The summed E-state index contributed by atoms with van der Waals surface area (Å²) in [7, 11) is 3.02. The summed E-state index contributed by atoms with van der Waals surface area (Å²) in [4.78, 5) is 10.8. The first-order valence-electron chi connectivity index (χ1n) is 5.30. The number of aliphatic carboxylic acids is 1. The van der Waals surface area contributed by atoms with E-state index in [1.54, 1.807) is 6.07 Å². The van der Waals surface area contributed by atoms with Crippen molar-refractivity contribution >= 4 is 21.9 Å². The van der Waals surface area contributed by atoms with Gasteiger partial charge in [0, 0.05) is 16.1 Å². The predicted octanol–water partition coefficient (Wildman–Crippen LogP) is 2.25. The summed E-state index contributed by atoms with van der Waals surface area (Å²) in [5.41, 5.74) is 7.43. The van der Waals surface area contributed by atoms with Gasteiger partial charge in [-0.05, 0) is 18.6 Å². The second-order valence-electron chi connectivity index (χ2n) is 3.86. The van der Waals surface area contributed by atoms with Gasteiger partial charge in [-0.15, -0.1) is 0 Å². The van der Waals surface area contributed by atoms with Crippen molar-refractivity contribution in [1.29, 1.82) is 0 Å². The van der Waals surface area contributed by atoms with Gasteiger partial charge in [-0.1, -0.05) is 15.9 Å². The van der Waals surface area contributed by atoms with E-state index in [1.165, 1.54) is 14.2 Å². The Morgan fingerprint density at radius 2 is 2.11 bits per heavy atom. The van der Waals surface area contributed by atoms with Crippen LogP contribution >= 0.6 is 15.9 Å². The SMILES string of the molecule is COc1cc(C)c(Br)c(C(N)CC(=O)O)c1OC. The van der Waals surface area contributed by atoms with Gasteiger partial charge in [0.15, 0.2) is 11.5 Å². The van der Waals surface area contributed by atoms with Gasteiger partial charge in [-0.25, -0.2) is 0 Å². The van der Waals surface area contributed by atoms with E-state index in [2.05, 4.69) is 15.9 Å². The van der Waals surface area contributed by atoms with E-state index < -0.39 is 12.0 Å². The number of carbonyl (C=O) groups is 1. The van der Waals surface area contributed by atoms with Crippen molar-refractivity contribution in [3.05, 3.63) is 21.7 Å². The van der Waals surface area contributed by atoms with Crippen molar-refractivity contribution in [2.45, 2.75) is 19.4 Å². The topological polar surface area (TPSA) is 81.8 Å². The number of nitrogens with two attached hydrogens (primary N) is 1. The largest absolute Gasteiger partial charge is 0.493 e. The lowest BCUT2D eigenvalue weighted by molar-refractivity contribution is -0.137. The van der Waals surface area contributed by atoms with Crippen LogP contribution in [0.25, 0.3) is 0 Å². The molecule has 1 atom stereocenters. The quantitative estimate of drug-likeness (QED) is 0.870. The van der Waals surface area contributed by atoms with Gasteiger partial charge in [0.1, 0.15) is 0 Å². The lowest BCUT2D eigenvalue weighted by Gasteiger charge is -2.20. The number of ether oxygens (including phenoxy) is 2. The number of rotatable bonds is 5. The van der Waals surface area contributed by atoms with Gasteiger partial charge in [-0.2, -0.15) is 0 Å². The number of halogens is 1. The molecule has 0 radical (unpaired) electrons. The van der Waals surface area contributed by atoms with E-state index in [1.807, 2.05) is 6.92 Å². The van der Waals surface area contributed by atoms with E-state index in [-0.39, 0.29) is 6.42 Å². The number of benzene rings is 1. The van der Waals surface area contributed by atoms with Gasteiger partial charge in [0.25, 0.3) is 0 Å². The summed E-state index contributed by atoms with van der Waals surface area (Å²) in [5.74, 6) is 0.0367. The Balaban J connectivity index is 3.38. The normalized spacial score (nSPS) is 12.1. The molecule has 1 unspecified atom stereocenters. The minimum absolute atomic E-state index is 0.179. The molecule has 0 aliphatic rings. The third-order valence-electron chi connectivity index (χ3n) is 2.59. The molecule has 0 saturated carbocycles. The number of hydrogen-bond acceptors (Lipinski definition) is 4. The average Bonchev–Trinajstić information content (AvgIpc) is 2.30. The highest BCUT2D eigenvalue weighted by molar-refractivity contribution is 9.10. The number of hydrogen-bond donors (Lipinski definition) is 2. The van der Waals surface area contributed by atoms with Gasteiger partial charge in [0.05, 0.1) is 20.6 Å². The van der Waals surface area contributed by atoms with E-state index in [4.69, 9.17) is 20.3 Å². The maximum Gasteiger partial charge on any atom is 0.305 e. The smallest absolute Gasteiger partial charge is 0.305 e. The van der Waals surface area contributed by atoms with Gasteiger partial charge >= 0.3 is 5.97 Å². The molecule has 0 amide bonds. The molecule has 0 aliphatic carbocycles. The van der Waals surface area contributed by atoms with Gasteiger partial charge in [-0.3, -0.25) is 4.79 Å². The Morgan fingerprint density at radius 1 is 1.50 bits per heavy atom. The van der Waals surface area contributed by atoms with E-state index >= 15 is 0 Å². The van der Waals surface area contributed by atoms with Crippen molar-refractivity contribution in [1.82, 2.24) is 0 Å². The molecule has 0 aliphatic heterocycles. The first kappa shape index (κ1) is 14.8. The fourth-order valence-corrected chi connectivity index (χ4v) is 2.34. The molecule has 18 heavy (non-hydrogen) atoms. The lowest BCUT2D eigenvalue weighted by atomic mass is 10.0. The van der Waals surface area contributed by atoms with Crippen LogP contribution in [-0.2, 0) is 4.79 Å². The molecule has 0 heterocycles. The van der Waals surface area contributed by atoms with Crippen LogP contribution in [0.4, 0.5) is 0 Å². The van der Waals surface area contributed by atoms with Gasteiger partial charge in [0.2, 0.25) is 0 Å². The second kappa shape index (κ2) is 6.06. The molecule has 1 aromatic rings. The monoisotopic (exact) mass is 317 g/mol. The molecule has 0 fully saturated rings. The van der Waals surface area contributed by atoms with Crippen LogP contribution < -0.4 is 15.2 Å². The van der Waals surface area contributed by atoms with Crippen LogP contribution in [0, 0.1) is 6.92 Å². The fourth-order valence-electron chi connectivity index (χ4n) is 1.75. The number of carboxylic acid groups (broad SMARTS) is 1. The van der Waals surface area contributed by atoms with Crippen LogP contribution in [0.5, 0.6) is 11.5 Å². The summed E-state index contributed by atoms with van der Waals surface area (Å²) in [6.07, 6.45) is -0.179. The summed E-state index contributed by atoms with van der Waals surface area (Å²) in [6, 6.07) is 1.14. The molecule has 0 bridgehead atoms. The fraction of sp³-hybridized carbons (Fsp3) is 0.417. The van der Waals surface area contributed by atoms with Gasteiger partial charge < -0.3 is 20.3 Å². The van der Waals surface area contributed by atoms with Crippen LogP contribution in [0.3, 0.4) is 0 Å². The maximum absolute atomic E-state index is 10.8. The predicted molar refractivity (Wildman–Crippen MR) is 71.2 cm³/mol. The highest BCUT2D eigenvalue weighted by Gasteiger charge is 2.23. The number of aryl methyl sites for hydroxylation is 1. The zero-order valence-electron chi connectivity index (χ0n) is 10.5. The summed E-state index contributed by atoms with van der Waals surface area (Å²) < 4.78 is 11.2. The first-order valence-corrected chi connectivity index (χ1v) is 6.10. The molecule has 5 nitrogen and oxygen atoms in total. The van der Waals surface area contributed by atoms with Crippen LogP contribution in [-0.4, -0.2) is 25.3 Å². The molecule has 0 spiro atoms. The highest BCUT2D eigenvalue weighted by Crippen LogP contribution is 2.42. The third kappa shape index (κ3) is 2.94. The Kier molecular flexibility index (Phi) is 4.98. The van der Waals surface area contributed by atoms with Crippen LogP contribution in [0.15, 0.2) is 10.5 Å². The standard InChI is InChI=1S/C12H16BrNO4/c1-6-4-8(17-2)12(18-3)10(11(6)13)7(14)5-9(15)16/h4,7H,5,14H2,1-3H3,(H,15,16). The van der Waals surface area contributed by atoms with Crippen LogP contribution in [0.2, 0.25) is 0 Å². The molecule has 0 aromatic heterocycles. The molecule has 6 heteroatoms. The molecule has 3 N–H and O–H groups in total. The van der Waals surface area contributed by atoms with Crippen molar-refractivity contribution in [2.24, 2.45) is 5.73 Å². The summed E-state index contributed by atoms with van der Waals surface area (Å²) in [5, 5.41) is 8.83. The zero-order chi connectivity index (χ0) is 13.9. The molecular weight excluding hydrogens is 302 g/mol. The van der Waals surface area contributed by atoms with Crippen molar-refractivity contribution in [3.8, 4) is 11.5 Å². The molecule has 0 saturated heterocycles. The molecule has 1 rings (SSSR count). The lowest BCUT2D eigenvalue weighted by Crippen LogP contribution is -2.17. The van der Waals surface area contributed by atoms with Crippen molar-refractivity contribution in [3.63, 3.8) is 0 Å². The van der Waals surface area contributed by atoms with Crippen LogP contribution in [0.1, 0.15) is 23.6 Å². The second-order valence-corrected chi connectivity index (χ2v) is 4.65. The zero-order valence-corrected chi connectivity index (χ0v) is 12.1. The van der Waals surface area contributed by atoms with E-state index in [0.29, 0.717) is 17.1 Å². The molecule has 100 valence electrons. The maximum atomic E-state index is 10.8. The summed E-state index contributed by atoms with van der Waals surface area (Å²) in [6.45, 7) is 1.88. The average molecular weight is 318 g/mol. The number of methoxy groups -OCH3 is 2. The molecule has 1 aromatic carbocycles. The Hall–Kier alpha value is -1.27. The van der Waals surface area contributed by atoms with E-state index in [0.717, 1.165) is 10.0 Å². The van der Waals surface area contributed by atoms with Crippen molar-refractivity contribution in [2.75, 3.05) is 14.2 Å². The Bertz CT molecular complexity index is 462. The minimum Gasteiger partial charge on any atom is -0.493 e. The highest BCUT2D eigenvalue weighted by atomic mass is 79.9. The first-order chi connectivity index (χ1) is 8.42.